The van der Waals surface area contributed by atoms with Crippen molar-refractivity contribution in [2.24, 2.45) is 0 Å². The molecule has 0 radical (unpaired) electrons. The molecule has 36 heavy (non-hydrogen) atoms. The molecule has 2 aromatic rings. The van der Waals surface area contributed by atoms with E-state index < -0.39 is 11.9 Å². The van der Waals surface area contributed by atoms with Gasteiger partial charge < -0.3 is 39.8 Å². The Morgan fingerprint density at radius 2 is 0.972 bits per heavy atom. The minimum atomic E-state index is -1.55. The molecule has 2 rings (SSSR count). The predicted molar refractivity (Wildman–Crippen MR) is 137 cm³/mol. The molecular weight excluding hydrogens is 460 g/mol. The number of carboxylic acids is 2. The van der Waals surface area contributed by atoms with Crippen molar-refractivity contribution in [3.8, 4) is 0 Å². The van der Waals surface area contributed by atoms with Crippen LogP contribution in [-0.2, 0) is 9.59 Å². The van der Waals surface area contributed by atoms with Gasteiger partial charge in [-0.2, -0.15) is 0 Å². The number of rotatable bonds is 10. The first-order valence-electron chi connectivity index (χ1n) is 11.8. The number of nitrogens with zero attached hydrogens (tertiary/aromatic N) is 2. The molecule has 0 amide bonds. The zero-order valence-corrected chi connectivity index (χ0v) is 22.1. The lowest BCUT2D eigenvalue weighted by Gasteiger charge is -2.24. The van der Waals surface area contributed by atoms with Crippen molar-refractivity contribution in [2.75, 3.05) is 27.2 Å². The normalized spacial score (nSPS) is 12.7. The highest BCUT2D eigenvalue weighted by molar-refractivity contribution is 5.87. The van der Waals surface area contributed by atoms with Gasteiger partial charge in [-0.3, -0.25) is 0 Å². The van der Waals surface area contributed by atoms with E-state index in [4.69, 9.17) is 0 Å². The number of hydrogen-bond acceptors (Lipinski definition) is 8. The highest BCUT2D eigenvalue weighted by Gasteiger charge is 2.12. The molecule has 2 atom stereocenters. The molecule has 0 aliphatic carbocycles. The maximum Gasteiger partial charge on any atom is 0.0916 e. The molecule has 0 aromatic heterocycles. The molecule has 2 unspecified atom stereocenters. The number of carbonyl (C=O) groups excluding carboxylic acids is 2. The van der Waals surface area contributed by atoms with Crippen LogP contribution < -0.4 is 10.2 Å². The fourth-order valence-electron chi connectivity index (χ4n) is 2.66. The number of aliphatic hydroxyl groups is 2. The molecule has 0 saturated heterocycles. The first-order chi connectivity index (χ1) is 16.8. The topological polar surface area (TPSA) is 127 Å². The monoisotopic (exact) mass is 500 g/mol. The van der Waals surface area contributed by atoms with Crippen LogP contribution in [0, 0.1) is 0 Å². The minimum absolute atomic E-state index is 0.384. The van der Waals surface area contributed by atoms with Crippen LogP contribution >= 0.6 is 0 Å². The van der Waals surface area contributed by atoms with E-state index in [1.807, 2.05) is 74.8 Å². The van der Waals surface area contributed by atoms with Crippen molar-refractivity contribution >= 4 is 11.9 Å². The average Bonchev–Trinajstić information content (AvgIpc) is 2.84. The fourth-order valence-corrected chi connectivity index (χ4v) is 2.66. The van der Waals surface area contributed by atoms with E-state index >= 15 is 0 Å². The zero-order chi connectivity index (χ0) is 27.7. The lowest BCUT2D eigenvalue weighted by Crippen LogP contribution is -2.30. The lowest BCUT2D eigenvalue weighted by atomic mass is 10.1. The van der Waals surface area contributed by atoms with Gasteiger partial charge in [0.25, 0.3) is 0 Å². The summed E-state index contributed by atoms with van der Waals surface area (Å²) >= 11 is 0. The maximum atomic E-state index is 9.90. The van der Waals surface area contributed by atoms with Gasteiger partial charge in [-0.1, -0.05) is 60.7 Å². The van der Waals surface area contributed by atoms with Crippen molar-refractivity contribution in [3.63, 3.8) is 0 Å². The van der Waals surface area contributed by atoms with Crippen LogP contribution in [0.1, 0.15) is 51.0 Å². The summed E-state index contributed by atoms with van der Waals surface area (Å²) in [5.41, 5.74) is 1.97. The summed E-state index contributed by atoms with van der Waals surface area (Å²) in [4.78, 5) is 23.1. The predicted octanol–water partition coefficient (Wildman–Crippen LogP) is 1.16. The van der Waals surface area contributed by atoms with Gasteiger partial charge >= 0.3 is 0 Å². The Balaban J connectivity index is 0.000000533. The molecule has 2 N–H and O–H groups in total. The summed E-state index contributed by atoms with van der Waals surface area (Å²) in [6.45, 7) is 9.86. The number of aliphatic carboxylic acids is 2. The van der Waals surface area contributed by atoms with E-state index in [1.165, 1.54) is 0 Å². The quantitative estimate of drug-likeness (QED) is 0.466. The lowest BCUT2D eigenvalue weighted by molar-refractivity contribution is -0.301. The summed E-state index contributed by atoms with van der Waals surface area (Å²) in [6, 6.07) is 20.5. The molecule has 2 aromatic carbocycles. The number of aliphatic hydroxyl groups excluding tert-OH is 2. The Hall–Kier alpha value is -3.04. The van der Waals surface area contributed by atoms with Gasteiger partial charge in [0.2, 0.25) is 0 Å². The molecule has 8 nitrogen and oxygen atoms in total. The maximum absolute atomic E-state index is 9.90. The number of likely N-dealkylation sites (N-methyl/N-ethyl adjacent to an activating group) is 2. The van der Waals surface area contributed by atoms with Crippen molar-refractivity contribution < 1.29 is 30.0 Å². The third-order valence-electron chi connectivity index (χ3n) is 5.41. The molecule has 200 valence electrons. The molecule has 0 fully saturated rings. The van der Waals surface area contributed by atoms with Crippen LogP contribution in [0.25, 0.3) is 0 Å². The van der Waals surface area contributed by atoms with Gasteiger partial charge in [0, 0.05) is 25.2 Å². The van der Waals surface area contributed by atoms with Crippen LogP contribution in [0.5, 0.6) is 0 Å². The highest BCUT2D eigenvalue weighted by Crippen LogP contribution is 2.14. The van der Waals surface area contributed by atoms with Gasteiger partial charge in [0.05, 0.1) is 24.1 Å². The van der Waals surface area contributed by atoms with E-state index in [0.717, 1.165) is 11.1 Å². The summed E-state index contributed by atoms with van der Waals surface area (Å²) in [5.74, 6) is -3.09. The van der Waals surface area contributed by atoms with Gasteiger partial charge in [0.15, 0.2) is 0 Å². The largest absolute Gasteiger partial charge is 0.545 e. The van der Waals surface area contributed by atoms with E-state index in [9.17, 15) is 30.0 Å². The summed E-state index contributed by atoms with van der Waals surface area (Å²) in [5, 5.41) is 38.6. The summed E-state index contributed by atoms with van der Waals surface area (Å²) < 4.78 is 0. The molecular formula is C28H40N2O6-2. The van der Waals surface area contributed by atoms with Crippen molar-refractivity contribution in [1.82, 2.24) is 9.80 Å². The number of benzene rings is 2. The third-order valence-corrected chi connectivity index (χ3v) is 5.41. The van der Waals surface area contributed by atoms with Crippen LogP contribution in [-0.4, -0.2) is 71.2 Å². The summed E-state index contributed by atoms with van der Waals surface area (Å²) in [6.07, 6.45) is -0.00259. The van der Waals surface area contributed by atoms with Crippen LogP contribution in [0.2, 0.25) is 0 Å². The third kappa shape index (κ3) is 15.8. The van der Waals surface area contributed by atoms with Gasteiger partial charge in [0.1, 0.15) is 0 Å². The molecule has 0 spiro atoms. The molecule has 0 saturated carbocycles. The van der Waals surface area contributed by atoms with E-state index in [2.05, 4.69) is 37.5 Å². The molecule has 0 aliphatic heterocycles. The first kappa shape index (κ1) is 33.0. The Labute approximate surface area is 215 Å². The SMILES string of the molecule is CC(C)N(C)CC(O)c1ccccc1.CC(C)N(C)CC(O)c1ccccc1.O=C([O-])/C=C/C(=O)[O-]. The smallest absolute Gasteiger partial charge is 0.0916 e. The Morgan fingerprint density at radius 3 is 1.19 bits per heavy atom. The van der Waals surface area contributed by atoms with Gasteiger partial charge in [-0.05, 0) is 65.1 Å². The first-order valence-corrected chi connectivity index (χ1v) is 11.8. The van der Waals surface area contributed by atoms with Crippen molar-refractivity contribution in [1.29, 1.82) is 0 Å². The van der Waals surface area contributed by atoms with Crippen LogP contribution in [0.4, 0.5) is 0 Å². The van der Waals surface area contributed by atoms with Gasteiger partial charge in [-0.25, -0.2) is 0 Å². The van der Waals surface area contributed by atoms with Crippen molar-refractivity contribution in [3.05, 3.63) is 83.9 Å². The summed E-state index contributed by atoms with van der Waals surface area (Å²) in [7, 11) is 4.05. The van der Waals surface area contributed by atoms with E-state index in [-0.39, 0.29) is 12.2 Å². The number of hydrogen-bond donors (Lipinski definition) is 2. The molecule has 0 bridgehead atoms. The second-order valence-electron chi connectivity index (χ2n) is 8.89. The van der Waals surface area contributed by atoms with Crippen molar-refractivity contribution in [2.45, 2.75) is 52.0 Å². The molecule has 0 aliphatic rings. The van der Waals surface area contributed by atoms with E-state index in [0.29, 0.717) is 37.3 Å². The average molecular weight is 501 g/mol. The standard InChI is InChI=1S/2C12H19NO.C4H4O4/c2*1-10(2)13(3)9-12(14)11-7-5-4-6-8-11;5-3(6)1-2-4(7)8/h2*4-8,10,12,14H,9H2,1-3H3;1-2H,(H,5,6)(H,7,8)/p-2/b;;2-1+. The second kappa shape index (κ2) is 18.3. The van der Waals surface area contributed by atoms with E-state index in [1.54, 1.807) is 0 Å². The molecule has 0 heterocycles. The number of carboxylic acid groups (broad SMARTS) is 2. The minimum Gasteiger partial charge on any atom is -0.545 e. The van der Waals surface area contributed by atoms with Crippen LogP contribution in [0.15, 0.2) is 72.8 Å². The Kier molecular flexibility index (Phi) is 16.7. The highest BCUT2D eigenvalue weighted by atomic mass is 16.4. The van der Waals surface area contributed by atoms with Crippen LogP contribution in [0.3, 0.4) is 0 Å². The zero-order valence-electron chi connectivity index (χ0n) is 22.1. The Bertz CT molecular complexity index is 814. The Morgan fingerprint density at radius 1 is 0.694 bits per heavy atom. The molecule has 8 heteroatoms. The fraction of sp³-hybridized carbons (Fsp3) is 0.429. The number of carbonyl (C=O) groups is 2. The second-order valence-corrected chi connectivity index (χ2v) is 8.89. The van der Waals surface area contributed by atoms with Gasteiger partial charge in [-0.15, -0.1) is 0 Å².